The fraction of sp³-hybridized carbons (Fsp3) is 0.238. The number of thioether (sulfide) groups is 1. The third kappa shape index (κ3) is 3.66. The highest BCUT2D eigenvalue weighted by molar-refractivity contribution is 7.99. The van der Waals surface area contributed by atoms with E-state index in [0.29, 0.717) is 33.7 Å². The van der Waals surface area contributed by atoms with Gasteiger partial charge >= 0.3 is 0 Å². The Morgan fingerprint density at radius 3 is 2.68 bits per heavy atom. The number of fused-ring (bicyclic) bond motifs is 2. The van der Waals surface area contributed by atoms with Crippen LogP contribution in [0, 0.1) is 12.3 Å². The third-order valence-electron chi connectivity index (χ3n) is 4.10. The molecule has 142 valence electrons. The van der Waals surface area contributed by atoms with Crippen molar-refractivity contribution in [2.45, 2.75) is 30.5 Å². The minimum atomic E-state index is -0.293. The molecule has 3 aromatic rings. The van der Waals surface area contributed by atoms with Gasteiger partial charge in [-0.1, -0.05) is 31.1 Å². The summed E-state index contributed by atoms with van der Waals surface area (Å²) in [5.74, 6) is 3.71. The molecule has 28 heavy (non-hydrogen) atoms. The quantitative estimate of drug-likeness (QED) is 0.475. The molecule has 2 aromatic carbocycles. The van der Waals surface area contributed by atoms with Crippen molar-refractivity contribution in [3.05, 3.63) is 46.8 Å². The number of aromatic nitrogens is 1. The zero-order valence-corrected chi connectivity index (χ0v) is 17.1. The van der Waals surface area contributed by atoms with Crippen molar-refractivity contribution >= 4 is 39.2 Å². The van der Waals surface area contributed by atoms with E-state index in [1.165, 1.54) is 11.3 Å². The van der Waals surface area contributed by atoms with Gasteiger partial charge in [0.1, 0.15) is 0 Å². The lowest BCUT2D eigenvalue weighted by Gasteiger charge is -2.04. The molecule has 0 unspecified atom stereocenters. The van der Waals surface area contributed by atoms with Gasteiger partial charge in [-0.25, -0.2) is 0 Å². The van der Waals surface area contributed by atoms with Gasteiger partial charge in [-0.05, 0) is 24.3 Å². The number of rotatable bonds is 4. The Bertz CT molecular complexity index is 1150. The molecule has 7 heteroatoms. The molecule has 1 amide bonds. The van der Waals surface area contributed by atoms with Crippen LogP contribution in [0.5, 0.6) is 11.5 Å². The summed E-state index contributed by atoms with van der Waals surface area (Å²) in [5.41, 5.74) is 1.43. The Hall–Kier alpha value is -2.69. The molecular formula is C21H18N2O3S2. The first kappa shape index (κ1) is 18.7. The summed E-state index contributed by atoms with van der Waals surface area (Å²) in [6, 6.07) is 11.3. The van der Waals surface area contributed by atoms with E-state index in [-0.39, 0.29) is 12.7 Å². The number of ether oxygens (including phenoxy) is 2. The van der Waals surface area contributed by atoms with Crippen LogP contribution < -0.4 is 14.3 Å². The van der Waals surface area contributed by atoms with Crippen LogP contribution in [0.2, 0.25) is 0 Å². The minimum Gasteiger partial charge on any atom is -0.454 e. The average Bonchev–Trinajstić information content (AvgIpc) is 3.24. The number of amides is 1. The van der Waals surface area contributed by atoms with E-state index in [2.05, 4.69) is 24.8 Å². The topological polar surface area (TPSA) is 52.8 Å². The van der Waals surface area contributed by atoms with Gasteiger partial charge in [0.2, 0.25) is 6.79 Å². The lowest BCUT2D eigenvalue weighted by Crippen LogP contribution is -2.16. The van der Waals surface area contributed by atoms with Crippen LogP contribution in [-0.4, -0.2) is 22.5 Å². The number of nitrogens with zero attached hydrogens (tertiary/aromatic N) is 2. The van der Waals surface area contributed by atoms with Gasteiger partial charge in [0, 0.05) is 27.8 Å². The Kier molecular flexibility index (Phi) is 5.16. The molecule has 0 atom stereocenters. The lowest BCUT2D eigenvalue weighted by atomic mass is 10.2. The smallest absolute Gasteiger partial charge is 0.279 e. The van der Waals surface area contributed by atoms with Gasteiger partial charge in [0.25, 0.3) is 5.91 Å². The summed E-state index contributed by atoms with van der Waals surface area (Å²) < 4.78 is 13.7. The maximum absolute atomic E-state index is 12.7. The SMILES string of the molecule is C#CCn1c(=NC(=O)c2ccc(SC(C)C)cc2)sc2cc3c(cc21)OCO3. The molecule has 0 saturated carbocycles. The second-order valence-electron chi connectivity index (χ2n) is 6.46. The summed E-state index contributed by atoms with van der Waals surface area (Å²) in [5, 5.41) is 0.488. The first-order valence-corrected chi connectivity index (χ1v) is 10.5. The monoisotopic (exact) mass is 410 g/mol. The largest absolute Gasteiger partial charge is 0.454 e. The molecule has 0 aliphatic carbocycles. The standard InChI is InChI=1S/C21H18N2O3S2/c1-4-9-23-16-10-17-18(26-12-25-17)11-19(16)28-21(23)22-20(24)14-5-7-15(8-6-14)27-13(2)3/h1,5-8,10-11,13H,9,12H2,2-3H3. The Morgan fingerprint density at radius 2 is 2.00 bits per heavy atom. The van der Waals surface area contributed by atoms with Crippen LogP contribution in [0.15, 0.2) is 46.3 Å². The number of benzene rings is 2. The van der Waals surface area contributed by atoms with Crippen LogP contribution >= 0.6 is 23.1 Å². The normalized spacial score (nSPS) is 13.3. The first-order valence-electron chi connectivity index (χ1n) is 8.77. The average molecular weight is 411 g/mol. The van der Waals surface area contributed by atoms with Gasteiger partial charge in [0.05, 0.1) is 16.8 Å². The number of hydrogen-bond acceptors (Lipinski definition) is 5. The summed E-state index contributed by atoms with van der Waals surface area (Å²) in [6.07, 6.45) is 5.54. The fourth-order valence-corrected chi connectivity index (χ4v) is 4.76. The van der Waals surface area contributed by atoms with Crippen molar-refractivity contribution in [1.29, 1.82) is 0 Å². The van der Waals surface area contributed by atoms with Crippen molar-refractivity contribution in [1.82, 2.24) is 4.57 Å². The molecule has 1 aromatic heterocycles. The first-order chi connectivity index (χ1) is 13.5. The molecule has 0 spiro atoms. The summed E-state index contributed by atoms with van der Waals surface area (Å²) >= 11 is 3.16. The molecule has 0 bridgehead atoms. The number of hydrogen-bond donors (Lipinski definition) is 0. The summed E-state index contributed by atoms with van der Waals surface area (Å²) in [4.78, 5) is 18.7. The van der Waals surface area contributed by atoms with Crippen LogP contribution in [-0.2, 0) is 6.54 Å². The van der Waals surface area contributed by atoms with Crippen molar-refractivity contribution in [3.63, 3.8) is 0 Å². The van der Waals surface area contributed by atoms with E-state index in [1.807, 2.05) is 41.0 Å². The molecule has 4 rings (SSSR count). The zero-order chi connectivity index (χ0) is 19.7. The highest BCUT2D eigenvalue weighted by Gasteiger charge is 2.18. The zero-order valence-electron chi connectivity index (χ0n) is 15.5. The maximum atomic E-state index is 12.7. The highest BCUT2D eigenvalue weighted by atomic mass is 32.2. The molecule has 1 aliphatic rings. The summed E-state index contributed by atoms with van der Waals surface area (Å²) in [7, 11) is 0. The van der Waals surface area contributed by atoms with Crippen LogP contribution in [0.1, 0.15) is 24.2 Å². The van der Waals surface area contributed by atoms with E-state index in [1.54, 1.807) is 11.8 Å². The van der Waals surface area contributed by atoms with Gasteiger partial charge < -0.3 is 14.0 Å². The van der Waals surface area contributed by atoms with E-state index in [0.717, 1.165) is 15.1 Å². The molecule has 0 radical (unpaired) electrons. The fourth-order valence-electron chi connectivity index (χ4n) is 2.89. The Labute approximate surface area is 171 Å². The molecule has 2 heterocycles. The molecule has 0 fully saturated rings. The van der Waals surface area contributed by atoms with Crippen LogP contribution in [0.4, 0.5) is 0 Å². The second kappa shape index (κ2) is 7.74. The van der Waals surface area contributed by atoms with E-state index in [4.69, 9.17) is 15.9 Å². The number of carbonyl (C=O) groups excluding carboxylic acids is 1. The van der Waals surface area contributed by atoms with Crippen LogP contribution in [0.25, 0.3) is 10.2 Å². The van der Waals surface area contributed by atoms with E-state index < -0.39 is 0 Å². The van der Waals surface area contributed by atoms with Gasteiger partial charge in [0.15, 0.2) is 16.3 Å². The van der Waals surface area contributed by atoms with Gasteiger partial charge in [-0.3, -0.25) is 4.79 Å². The second-order valence-corrected chi connectivity index (χ2v) is 9.12. The third-order valence-corrected chi connectivity index (χ3v) is 6.15. The molecule has 0 N–H and O–H groups in total. The Balaban J connectivity index is 1.73. The maximum Gasteiger partial charge on any atom is 0.279 e. The summed E-state index contributed by atoms with van der Waals surface area (Å²) in [6.45, 7) is 4.80. The van der Waals surface area contributed by atoms with E-state index >= 15 is 0 Å². The van der Waals surface area contributed by atoms with Gasteiger partial charge in [-0.2, -0.15) is 4.99 Å². The number of thiazole rings is 1. The molecule has 5 nitrogen and oxygen atoms in total. The lowest BCUT2D eigenvalue weighted by molar-refractivity contribution is 0.0998. The van der Waals surface area contributed by atoms with Crippen molar-refractivity contribution in [2.24, 2.45) is 4.99 Å². The number of carbonyl (C=O) groups is 1. The van der Waals surface area contributed by atoms with Crippen molar-refractivity contribution < 1.29 is 14.3 Å². The minimum absolute atomic E-state index is 0.211. The molecule has 1 aliphatic heterocycles. The number of terminal acetylenes is 1. The molecular weight excluding hydrogens is 392 g/mol. The predicted molar refractivity (Wildman–Crippen MR) is 112 cm³/mol. The van der Waals surface area contributed by atoms with Crippen LogP contribution in [0.3, 0.4) is 0 Å². The van der Waals surface area contributed by atoms with E-state index in [9.17, 15) is 4.79 Å². The Morgan fingerprint density at radius 1 is 1.29 bits per heavy atom. The van der Waals surface area contributed by atoms with Gasteiger partial charge in [-0.15, -0.1) is 18.2 Å². The van der Waals surface area contributed by atoms with Crippen molar-refractivity contribution in [2.75, 3.05) is 6.79 Å². The predicted octanol–water partition coefficient (Wildman–Crippen LogP) is 4.31. The highest BCUT2D eigenvalue weighted by Crippen LogP contribution is 2.37. The van der Waals surface area contributed by atoms with Crippen molar-refractivity contribution in [3.8, 4) is 23.8 Å². The molecule has 0 saturated heterocycles.